The number of ether oxygens (including phenoxy) is 1. The monoisotopic (exact) mass is 300 g/mol. The first-order valence-corrected chi connectivity index (χ1v) is 7.77. The van der Waals surface area contributed by atoms with Crippen LogP contribution < -0.4 is 16.0 Å². The molecule has 0 aliphatic rings. The van der Waals surface area contributed by atoms with E-state index in [1.54, 1.807) is 4.57 Å². The summed E-state index contributed by atoms with van der Waals surface area (Å²) < 4.78 is 7.18. The van der Waals surface area contributed by atoms with Crippen LogP contribution >= 0.6 is 0 Å². The molecule has 118 valence electrons. The van der Waals surface area contributed by atoms with E-state index in [0.29, 0.717) is 12.2 Å². The van der Waals surface area contributed by atoms with Gasteiger partial charge in [0.1, 0.15) is 5.75 Å². The molecule has 0 aliphatic heterocycles. The summed E-state index contributed by atoms with van der Waals surface area (Å²) in [4.78, 5) is 12.6. The lowest BCUT2D eigenvalue weighted by molar-refractivity contribution is 0.340. The minimum absolute atomic E-state index is 0.0155. The molecular formula is C18H24N2O2. The number of rotatable bonds is 6. The van der Waals surface area contributed by atoms with Crippen LogP contribution in [0.1, 0.15) is 50.4 Å². The first-order chi connectivity index (χ1) is 10.6. The van der Waals surface area contributed by atoms with Crippen molar-refractivity contribution in [2.24, 2.45) is 5.73 Å². The van der Waals surface area contributed by atoms with Crippen LogP contribution in [-0.2, 0) is 0 Å². The van der Waals surface area contributed by atoms with Gasteiger partial charge in [0.2, 0.25) is 0 Å². The second-order valence-corrected chi connectivity index (χ2v) is 5.41. The van der Waals surface area contributed by atoms with Crippen molar-refractivity contribution in [1.29, 1.82) is 0 Å². The van der Waals surface area contributed by atoms with Crippen LogP contribution in [0.3, 0.4) is 0 Å². The SMILES string of the molecule is CCOc1ccc(C(N)c2cccn(C(C)CC)c2=O)cc1. The van der Waals surface area contributed by atoms with Crippen molar-refractivity contribution in [2.45, 2.75) is 39.3 Å². The quantitative estimate of drug-likeness (QED) is 0.890. The van der Waals surface area contributed by atoms with Crippen LogP contribution in [-0.4, -0.2) is 11.2 Å². The Bertz CT molecular complexity index is 662. The van der Waals surface area contributed by atoms with Crippen molar-refractivity contribution in [3.05, 3.63) is 64.1 Å². The fourth-order valence-electron chi connectivity index (χ4n) is 2.43. The van der Waals surface area contributed by atoms with Gasteiger partial charge in [-0.1, -0.05) is 25.1 Å². The average Bonchev–Trinajstić information content (AvgIpc) is 2.55. The minimum Gasteiger partial charge on any atom is -0.494 e. The number of hydrogen-bond acceptors (Lipinski definition) is 3. The number of benzene rings is 1. The van der Waals surface area contributed by atoms with Crippen LogP contribution in [0.5, 0.6) is 5.75 Å². The second kappa shape index (κ2) is 7.27. The maximum absolute atomic E-state index is 12.6. The molecule has 0 saturated carbocycles. The van der Waals surface area contributed by atoms with Gasteiger partial charge in [-0.15, -0.1) is 0 Å². The smallest absolute Gasteiger partial charge is 0.255 e. The van der Waals surface area contributed by atoms with Crippen LogP contribution in [0.25, 0.3) is 0 Å². The molecule has 1 aromatic heterocycles. The summed E-state index contributed by atoms with van der Waals surface area (Å²) >= 11 is 0. The van der Waals surface area contributed by atoms with E-state index in [0.717, 1.165) is 17.7 Å². The lowest BCUT2D eigenvalue weighted by atomic mass is 10.0. The molecule has 1 heterocycles. The first-order valence-electron chi connectivity index (χ1n) is 7.77. The predicted octanol–water partition coefficient (Wildman–Crippen LogP) is 3.27. The molecule has 4 nitrogen and oxygen atoms in total. The summed E-state index contributed by atoms with van der Waals surface area (Å²) in [7, 11) is 0. The summed E-state index contributed by atoms with van der Waals surface area (Å²) in [5.41, 5.74) is 7.80. The zero-order valence-corrected chi connectivity index (χ0v) is 13.5. The molecule has 2 aromatic rings. The Kier molecular flexibility index (Phi) is 5.39. The molecule has 22 heavy (non-hydrogen) atoms. The third kappa shape index (κ3) is 3.39. The van der Waals surface area contributed by atoms with Gasteiger partial charge in [-0.05, 0) is 44.0 Å². The molecule has 0 fully saturated rings. The molecule has 2 atom stereocenters. The molecule has 1 aromatic carbocycles. The zero-order chi connectivity index (χ0) is 16.1. The molecule has 0 amide bonds. The van der Waals surface area contributed by atoms with E-state index in [1.165, 1.54) is 0 Å². The van der Waals surface area contributed by atoms with E-state index in [9.17, 15) is 4.79 Å². The van der Waals surface area contributed by atoms with E-state index in [2.05, 4.69) is 6.92 Å². The molecule has 0 bridgehead atoms. The van der Waals surface area contributed by atoms with Crippen LogP contribution in [0.2, 0.25) is 0 Å². The third-order valence-electron chi connectivity index (χ3n) is 3.95. The first kappa shape index (κ1) is 16.3. The van der Waals surface area contributed by atoms with Gasteiger partial charge in [0, 0.05) is 17.8 Å². The highest BCUT2D eigenvalue weighted by Gasteiger charge is 2.15. The highest BCUT2D eigenvalue weighted by atomic mass is 16.5. The van der Waals surface area contributed by atoms with Crippen LogP contribution in [0.4, 0.5) is 0 Å². The van der Waals surface area contributed by atoms with E-state index in [1.807, 2.05) is 56.4 Å². The van der Waals surface area contributed by atoms with Crippen molar-refractivity contribution in [1.82, 2.24) is 4.57 Å². The van der Waals surface area contributed by atoms with Crippen molar-refractivity contribution in [3.8, 4) is 5.75 Å². The molecule has 0 aliphatic carbocycles. The summed E-state index contributed by atoms with van der Waals surface area (Å²) in [6.07, 6.45) is 2.73. The van der Waals surface area contributed by atoms with Crippen LogP contribution in [0, 0.1) is 0 Å². The molecule has 2 unspecified atom stereocenters. The lowest BCUT2D eigenvalue weighted by Crippen LogP contribution is -2.29. The van der Waals surface area contributed by atoms with Crippen molar-refractivity contribution >= 4 is 0 Å². The Hall–Kier alpha value is -2.07. The third-order valence-corrected chi connectivity index (χ3v) is 3.95. The number of aromatic nitrogens is 1. The molecule has 0 radical (unpaired) electrons. The van der Waals surface area contributed by atoms with Gasteiger partial charge in [-0.25, -0.2) is 0 Å². The average molecular weight is 300 g/mol. The van der Waals surface area contributed by atoms with Crippen molar-refractivity contribution in [2.75, 3.05) is 6.61 Å². The Morgan fingerprint density at radius 3 is 2.45 bits per heavy atom. The summed E-state index contributed by atoms with van der Waals surface area (Å²) in [5, 5.41) is 0. The maximum atomic E-state index is 12.6. The minimum atomic E-state index is -0.431. The van der Waals surface area contributed by atoms with Gasteiger partial charge in [-0.3, -0.25) is 4.79 Å². The predicted molar refractivity (Wildman–Crippen MR) is 89.3 cm³/mol. The molecular weight excluding hydrogens is 276 g/mol. The Balaban J connectivity index is 2.33. The number of hydrogen-bond donors (Lipinski definition) is 1. The van der Waals surface area contributed by atoms with Gasteiger partial charge in [0.05, 0.1) is 12.6 Å². The van der Waals surface area contributed by atoms with Gasteiger partial charge in [-0.2, -0.15) is 0 Å². The molecule has 4 heteroatoms. The fraction of sp³-hybridized carbons (Fsp3) is 0.389. The van der Waals surface area contributed by atoms with Crippen molar-refractivity contribution in [3.63, 3.8) is 0 Å². The zero-order valence-electron chi connectivity index (χ0n) is 13.5. The summed E-state index contributed by atoms with van der Waals surface area (Å²) in [6.45, 7) is 6.68. The van der Waals surface area contributed by atoms with Crippen molar-refractivity contribution < 1.29 is 4.74 Å². The van der Waals surface area contributed by atoms with E-state index >= 15 is 0 Å². The maximum Gasteiger partial charge on any atom is 0.255 e. The molecule has 2 N–H and O–H groups in total. The van der Waals surface area contributed by atoms with Gasteiger partial charge in [0.15, 0.2) is 0 Å². The largest absolute Gasteiger partial charge is 0.494 e. The van der Waals surface area contributed by atoms with E-state index in [4.69, 9.17) is 10.5 Å². The van der Waals surface area contributed by atoms with Crippen LogP contribution in [0.15, 0.2) is 47.4 Å². The molecule has 0 saturated heterocycles. The number of nitrogens with two attached hydrogens (primary N) is 1. The summed E-state index contributed by atoms with van der Waals surface area (Å²) in [5.74, 6) is 0.809. The standard InChI is InChI=1S/C18H24N2O2/c1-4-13(3)20-12-6-7-16(18(20)21)17(19)14-8-10-15(11-9-14)22-5-2/h6-13,17H,4-5,19H2,1-3H3. The van der Waals surface area contributed by atoms with Gasteiger partial charge in [0.25, 0.3) is 5.56 Å². The Labute approximate surface area is 131 Å². The normalized spacial score (nSPS) is 13.6. The topological polar surface area (TPSA) is 57.2 Å². The lowest BCUT2D eigenvalue weighted by Gasteiger charge is -2.17. The van der Waals surface area contributed by atoms with E-state index < -0.39 is 6.04 Å². The molecule has 2 rings (SSSR count). The number of nitrogens with zero attached hydrogens (tertiary/aromatic N) is 1. The fourth-order valence-corrected chi connectivity index (χ4v) is 2.43. The summed E-state index contributed by atoms with van der Waals surface area (Å²) in [6, 6.07) is 11.0. The highest BCUT2D eigenvalue weighted by molar-refractivity contribution is 5.34. The number of pyridine rings is 1. The Morgan fingerprint density at radius 1 is 1.18 bits per heavy atom. The van der Waals surface area contributed by atoms with E-state index in [-0.39, 0.29) is 11.6 Å². The highest BCUT2D eigenvalue weighted by Crippen LogP contribution is 2.20. The Morgan fingerprint density at radius 2 is 1.86 bits per heavy atom. The molecule has 0 spiro atoms. The van der Waals surface area contributed by atoms with Gasteiger partial charge < -0.3 is 15.0 Å². The van der Waals surface area contributed by atoms with Gasteiger partial charge >= 0.3 is 0 Å². The second-order valence-electron chi connectivity index (χ2n) is 5.41.